The smallest absolute Gasteiger partial charge is 0.258 e. The van der Waals surface area contributed by atoms with Crippen LogP contribution in [0.25, 0.3) is 0 Å². The highest BCUT2D eigenvalue weighted by atomic mass is 16.5. The first-order valence-corrected chi connectivity index (χ1v) is 10.1. The van der Waals surface area contributed by atoms with Crippen LogP contribution in [0.3, 0.4) is 0 Å². The molecule has 6 nitrogen and oxygen atoms in total. The van der Waals surface area contributed by atoms with Crippen molar-refractivity contribution in [1.29, 1.82) is 0 Å². The van der Waals surface area contributed by atoms with E-state index in [2.05, 4.69) is 17.6 Å². The normalized spacial score (nSPS) is 14.0. The van der Waals surface area contributed by atoms with Crippen LogP contribution in [0, 0.1) is 5.92 Å². The van der Waals surface area contributed by atoms with E-state index >= 15 is 0 Å². The summed E-state index contributed by atoms with van der Waals surface area (Å²) in [6.45, 7) is 4.58. The lowest BCUT2D eigenvalue weighted by atomic mass is 10.1. The molecule has 1 aliphatic carbocycles. The van der Waals surface area contributed by atoms with Gasteiger partial charge in [-0.25, -0.2) is 0 Å². The Morgan fingerprint density at radius 3 is 2.21 bits per heavy atom. The molecule has 1 atom stereocenters. The fourth-order valence-corrected chi connectivity index (χ4v) is 2.81. The van der Waals surface area contributed by atoms with Gasteiger partial charge in [-0.2, -0.15) is 0 Å². The maximum Gasteiger partial charge on any atom is 0.258 e. The number of rotatable bonds is 10. The van der Waals surface area contributed by atoms with Crippen LogP contribution in [-0.4, -0.2) is 25.0 Å². The molecule has 154 valence electrons. The number of benzene rings is 2. The third-order valence-electron chi connectivity index (χ3n) is 4.67. The van der Waals surface area contributed by atoms with E-state index in [0.717, 1.165) is 36.3 Å². The third kappa shape index (κ3) is 6.52. The van der Waals surface area contributed by atoms with E-state index in [0.29, 0.717) is 12.4 Å². The van der Waals surface area contributed by atoms with Gasteiger partial charge in [0.05, 0.1) is 12.6 Å². The summed E-state index contributed by atoms with van der Waals surface area (Å²) in [6, 6.07) is 14.6. The van der Waals surface area contributed by atoms with Crippen molar-refractivity contribution in [2.45, 2.75) is 39.2 Å². The van der Waals surface area contributed by atoms with Gasteiger partial charge in [-0.15, -0.1) is 0 Å². The van der Waals surface area contributed by atoms with E-state index in [1.54, 1.807) is 12.1 Å². The molecule has 1 fully saturated rings. The van der Waals surface area contributed by atoms with E-state index in [1.165, 1.54) is 0 Å². The second-order valence-electron chi connectivity index (χ2n) is 7.28. The lowest BCUT2D eigenvalue weighted by Gasteiger charge is -2.15. The minimum absolute atomic E-state index is 0.0605. The summed E-state index contributed by atoms with van der Waals surface area (Å²) in [6.07, 6.45) is 2.91. The average molecular weight is 396 g/mol. The first kappa shape index (κ1) is 20.7. The zero-order chi connectivity index (χ0) is 20.6. The first-order chi connectivity index (χ1) is 14.0. The highest BCUT2D eigenvalue weighted by Crippen LogP contribution is 2.30. The molecule has 1 aliphatic rings. The van der Waals surface area contributed by atoms with E-state index in [-0.39, 0.29) is 30.4 Å². The van der Waals surface area contributed by atoms with Crippen LogP contribution in [-0.2, 0) is 9.59 Å². The van der Waals surface area contributed by atoms with Gasteiger partial charge in [0.15, 0.2) is 6.61 Å². The highest BCUT2D eigenvalue weighted by Gasteiger charge is 2.29. The molecule has 0 aromatic heterocycles. The van der Waals surface area contributed by atoms with Crippen molar-refractivity contribution in [3.63, 3.8) is 0 Å². The maximum absolute atomic E-state index is 12.2. The van der Waals surface area contributed by atoms with E-state index in [9.17, 15) is 9.59 Å². The largest absolute Gasteiger partial charge is 0.494 e. The summed E-state index contributed by atoms with van der Waals surface area (Å²) in [5, 5.41) is 5.83. The van der Waals surface area contributed by atoms with Crippen LogP contribution in [0.2, 0.25) is 0 Å². The van der Waals surface area contributed by atoms with Crippen molar-refractivity contribution in [3.8, 4) is 11.5 Å². The minimum atomic E-state index is -0.199. The molecule has 0 heterocycles. The number of carbonyl (C=O) groups is 2. The molecule has 0 bridgehead atoms. The van der Waals surface area contributed by atoms with Crippen LogP contribution in [0.4, 0.5) is 5.69 Å². The second-order valence-corrected chi connectivity index (χ2v) is 7.28. The first-order valence-electron chi connectivity index (χ1n) is 10.1. The molecule has 3 rings (SSSR count). The molecule has 1 unspecified atom stereocenters. The Balaban J connectivity index is 1.43. The van der Waals surface area contributed by atoms with Gasteiger partial charge in [0, 0.05) is 11.6 Å². The third-order valence-corrected chi connectivity index (χ3v) is 4.67. The number of hydrogen-bond acceptors (Lipinski definition) is 4. The van der Waals surface area contributed by atoms with Gasteiger partial charge < -0.3 is 20.1 Å². The van der Waals surface area contributed by atoms with Gasteiger partial charge in [0.25, 0.3) is 5.91 Å². The average Bonchev–Trinajstić information content (AvgIpc) is 3.57. The van der Waals surface area contributed by atoms with Crippen molar-refractivity contribution in [2.24, 2.45) is 5.92 Å². The van der Waals surface area contributed by atoms with Gasteiger partial charge in [0.1, 0.15) is 11.5 Å². The van der Waals surface area contributed by atoms with Crippen LogP contribution >= 0.6 is 0 Å². The Hall–Kier alpha value is -3.02. The molecule has 2 amide bonds. The number of nitrogens with one attached hydrogen (secondary N) is 2. The summed E-state index contributed by atoms with van der Waals surface area (Å²) >= 11 is 0. The van der Waals surface area contributed by atoms with Crippen molar-refractivity contribution in [3.05, 3.63) is 54.1 Å². The predicted octanol–water partition coefficient (Wildman–Crippen LogP) is 4.08. The summed E-state index contributed by atoms with van der Waals surface area (Å²) in [4.78, 5) is 24.0. The molecule has 2 N–H and O–H groups in total. The summed E-state index contributed by atoms with van der Waals surface area (Å²) < 4.78 is 11.1. The number of anilines is 1. The van der Waals surface area contributed by atoms with E-state index in [4.69, 9.17) is 9.47 Å². The Morgan fingerprint density at radius 1 is 1.00 bits per heavy atom. The highest BCUT2D eigenvalue weighted by molar-refractivity contribution is 5.94. The maximum atomic E-state index is 12.2. The Kier molecular flexibility index (Phi) is 7.11. The summed E-state index contributed by atoms with van der Waals surface area (Å²) in [5.41, 5.74) is 1.74. The van der Waals surface area contributed by atoms with Gasteiger partial charge in [-0.1, -0.05) is 19.1 Å². The van der Waals surface area contributed by atoms with Gasteiger partial charge >= 0.3 is 0 Å². The van der Waals surface area contributed by atoms with Crippen molar-refractivity contribution in [1.82, 2.24) is 5.32 Å². The molecule has 0 spiro atoms. The number of carbonyl (C=O) groups excluding carboxylic acids is 2. The van der Waals surface area contributed by atoms with Crippen molar-refractivity contribution >= 4 is 17.5 Å². The summed E-state index contributed by atoms with van der Waals surface area (Å²) in [7, 11) is 0. The molecule has 29 heavy (non-hydrogen) atoms. The molecule has 0 radical (unpaired) electrons. The van der Waals surface area contributed by atoms with E-state index < -0.39 is 0 Å². The molecular weight excluding hydrogens is 368 g/mol. The Labute approximate surface area is 171 Å². The van der Waals surface area contributed by atoms with E-state index in [1.807, 2.05) is 43.3 Å². The lowest BCUT2D eigenvalue weighted by molar-refractivity contribution is -0.123. The van der Waals surface area contributed by atoms with Gasteiger partial charge in [-0.3, -0.25) is 9.59 Å². The zero-order valence-corrected chi connectivity index (χ0v) is 16.9. The summed E-state index contributed by atoms with van der Waals surface area (Å²) in [5.74, 6) is 1.46. The van der Waals surface area contributed by atoms with Crippen LogP contribution in [0.1, 0.15) is 44.7 Å². The molecule has 0 aliphatic heterocycles. The topological polar surface area (TPSA) is 76.7 Å². The molecule has 2 aromatic carbocycles. The van der Waals surface area contributed by atoms with Gasteiger partial charge in [-0.05, 0) is 68.1 Å². The lowest BCUT2D eigenvalue weighted by Crippen LogP contribution is -2.31. The molecular formula is C23H28N2O4. The molecule has 0 saturated heterocycles. The van der Waals surface area contributed by atoms with Gasteiger partial charge in [0.2, 0.25) is 5.91 Å². The zero-order valence-electron chi connectivity index (χ0n) is 16.9. The number of ether oxygens (including phenoxy) is 2. The molecule has 1 saturated carbocycles. The molecule has 6 heteroatoms. The molecule has 2 aromatic rings. The van der Waals surface area contributed by atoms with Crippen LogP contribution < -0.4 is 20.1 Å². The van der Waals surface area contributed by atoms with Crippen LogP contribution in [0.5, 0.6) is 11.5 Å². The number of hydrogen-bond donors (Lipinski definition) is 2. The number of amides is 2. The Bertz CT molecular complexity index is 814. The quantitative estimate of drug-likeness (QED) is 0.634. The fourth-order valence-electron chi connectivity index (χ4n) is 2.81. The SMILES string of the molecule is CCCOc1ccc(OCC(=O)NC(C)c2ccc(NC(=O)C3CC3)cc2)cc1. The Morgan fingerprint density at radius 2 is 1.62 bits per heavy atom. The fraction of sp³-hybridized carbons (Fsp3) is 0.391. The van der Waals surface area contributed by atoms with Crippen molar-refractivity contribution in [2.75, 3.05) is 18.5 Å². The standard InChI is InChI=1S/C23H28N2O4/c1-3-14-28-20-10-12-21(13-11-20)29-15-22(26)24-16(2)17-6-8-19(9-7-17)25-23(27)18-4-5-18/h6-13,16,18H,3-5,14-15H2,1-2H3,(H,24,26)(H,25,27). The second kappa shape index (κ2) is 9.96. The minimum Gasteiger partial charge on any atom is -0.494 e. The predicted molar refractivity (Wildman–Crippen MR) is 112 cm³/mol. The van der Waals surface area contributed by atoms with Crippen LogP contribution in [0.15, 0.2) is 48.5 Å². The van der Waals surface area contributed by atoms with Crippen molar-refractivity contribution < 1.29 is 19.1 Å². The monoisotopic (exact) mass is 396 g/mol.